The Bertz CT molecular complexity index is 3530. The van der Waals surface area contributed by atoms with Crippen molar-refractivity contribution >= 4 is 33.4 Å². The van der Waals surface area contributed by atoms with E-state index in [4.69, 9.17) is 15.0 Å². The van der Waals surface area contributed by atoms with Crippen LogP contribution in [0.4, 0.5) is 0 Å². The number of nitrogens with zero attached hydrogens (tertiary/aromatic N) is 3. The van der Waals surface area contributed by atoms with Crippen LogP contribution in [0.5, 0.6) is 0 Å². The molecule has 1 spiro atoms. The SMILES string of the molecule is c1ccc(-c2cc(-c3ccc(-c4cccc(-c5nc6ccccc6c6cc7c(cc56)Sc5ccccc5C75c6ccccc6-c6ccccc65)c4)cc3)nc(-c3ccccc3)n2)cc1. The van der Waals surface area contributed by atoms with Crippen LogP contribution in [-0.2, 0) is 5.41 Å². The van der Waals surface area contributed by atoms with Crippen molar-refractivity contribution in [3.63, 3.8) is 0 Å². The van der Waals surface area contributed by atoms with E-state index in [1.807, 2.05) is 48.2 Å². The van der Waals surface area contributed by atoms with Crippen molar-refractivity contribution in [1.82, 2.24) is 15.0 Å². The Labute approximate surface area is 375 Å². The number of aromatic nitrogens is 3. The Kier molecular flexibility index (Phi) is 8.37. The maximum atomic E-state index is 5.46. The highest BCUT2D eigenvalue weighted by atomic mass is 32.2. The zero-order valence-corrected chi connectivity index (χ0v) is 35.4. The summed E-state index contributed by atoms with van der Waals surface area (Å²) in [5, 5.41) is 3.52. The molecule has 0 saturated heterocycles. The van der Waals surface area contributed by atoms with E-state index in [2.05, 4.69) is 188 Å². The van der Waals surface area contributed by atoms with Crippen LogP contribution in [0.2, 0.25) is 0 Å². The second kappa shape index (κ2) is 14.6. The first-order valence-corrected chi connectivity index (χ1v) is 22.6. The van der Waals surface area contributed by atoms with Crippen LogP contribution in [0.1, 0.15) is 22.3 Å². The van der Waals surface area contributed by atoms with Crippen LogP contribution in [0.25, 0.3) is 89.1 Å². The number of benzene rings is 9. The number of hydrogen-bond donors (Lipinski definition) is 0. The second-order valence-corrected chi connectivity index (χ2v) is 17.7. The summed E-state index contributed by atoms with van der Waals surface area (Å²) in [6.45, 7) is 0. The number of pyridine rings is 1. The third-order valence-corrected chi connectivity index (χ3v) is 14.3. The summed E-state index contributed by atoms with van der Waals surface area (Å²) in [5.41, 5.74) is 17.7. The molecule has 64 heavy (non-hydrogen) atoms. The molecule has 0 saturated carbocycles. The van der Waals surface area contributed by atoms with Gasteiger partial charge in [-0.2, -0.15) is 0 Å². The van der Waals surface area contributed by atoms with E-state index in [1.165, 1.54) is 48.6 Å². The topological polar surface area (TPSA) is 38.7 Å². The zero-order valence-electron chi connectivity index (χ0n) is 34.6. The Morgan fingerprint density at radius 3 is 1.61 bits per heavy atom. The molecule has 0 atom stereocenters. The highest BCUT2D eigenvalue weighted by Crippen LogP contribution is 2.62. The quantitative estimate of drug-likeness (QED) is 0.162. The Balaban J connectivity index is 0.951. The normalized spacial score (nSPS) is 13.1. The van der Waals surface area contributed by atoms with Gasteiger partial charge in [0.05, 0.1) is 28.0 Å². The van der Waals surface area contributed by atoms with Gasteiger partial charge in [0.15, 0.2) is 5.82 Å². The Hall–Kier alpha value is -7.92. The Morgan fingerprint density at radius 2 is 0.875 bits per heavy atom. The molecule has 11 aromatic rings. The molecule has 0 radical (unpaired) electrons. The van der Waals surface area contributed by atoms with Gasteiger partial charge in [0.25, 0.3) is 0 Å². The van der Waals surface area contributed by atoms with Crippen molar-refractivity contribution in [2.75, 3.05) is 0 Å². The third kappa shape index (κ3) is 5.66. The standard InChI is InChI=1S/C60H37N3S/c1-3-16-39(17-4-1)54-37-55(63-59(62-54)41-18-5-2-6-19-41)40-32-30-38(31-33-40)42-20-15-21-43(34-42)58-48-36-57-52(35-47(48)46-24-9-13-28-53(46)61-58)60(51-27-12-14-29-56(51)64-57)49-25-10-7-22-44(49)45-23-8-11-26-50(45)60/h1-37H. The molecule has 3 nitrogen and oxygen atoms in total. The molecule has 0 fully saturated rings. The van der Waals surface area contributed by atoms with Crippen LogP contribution >= 0.6 is 11.8 Å². The van der Waals surface area contributed by atoms with Gasteiger partial charge in [-0.1, -0.05) is 200 Å². The minimum Gasteiger partial charge on any atom is -0.247 e. The lowest BCUT2D eigenvalue weighted by atomic mass is 9.67. The van der Waals surface area contributed by atoms with Gasteiger partial charge in [-0.25, -0.2) is 15.0 Å². The number of hydrogen-bond acceptors (Lipinski definition) is 4. The summed E-state index contributed by atoms with van der Waals surface area (Å²) >= 11 is 1.88. The molecule has 9 aromatic carbocycles. The van der Waals surface area contributed by atoms with E-state index >= 15 is 0 Å². The van der Waals surface area contributed by atoms with E-state index < -0.39 is 5.41 Å². The second-order valence-electron chi connectivity index (χ2n) is 16.7. The zero-order chi connectivity index (χ0) is 42.2. The van der Waals surface area contributed by atoms with Gasteiger partial charge in [-0.3, -0.25) is 0 Å². The van der Waals surface area contributed by atoms with Crippen molar-refractivity contribution < 1.29 is 0 Å². The predicted molar refractivity (Wildman–Crippen MR) is 263 cm³/mol. The fourth-order valence-corrected chi connectivity index (χ4v) is 11.5. The van der Waals surface area contributed by atoms with Gasteiger partial charge in [-0.05, 0) is 86.3 Å². The molecule has 2 aromatic heterocycles. The van der Waals surface area contributed by atoms with E-state index in [0.717, 1.165) is 66.8 Å². The highest BCUT2D eigenvalue weighted by molar-refractivity contribution is 7.99. The van der Waals surface area contributed by atoms with E-state index in [-0.39, 0.29) is 0 Å². The molecule has 13 rings (SSSR count). The fourth-order valence-electron chi connectivity index (χ4n) is 10.3. The molecule has 0 bridgehead atoms. The van der Waals surface area contributed by atoms with E-state index in [1.54, 1.807) is 0 Å². The van der Waals surface area contributed by atoms with Crippen LogP contribution in [0.3, 0.4) is 0 Å². The lowest BCUT2D eigenvalue weighted by Gasteiger charge is -2.40. The molecule has 0 unspecified atom stereocenters. The summed E-state index contributed by atoms with van der Waals surface area (Å²) in [6.07, 6.45) is 0. The van der Waals surface area contributed by atoms with Crippen molar-refractivity contribution in [2.45, 2.75) is 15.2 Å². The number of fused-ring (bicyclic) bond motifs is 12. The summed E-state index contributed by atoms with van der Waals surface area (Å²) < 4.78 is 0. The smallest absolute Gasteiger partial charge is 0.160 e. The molecular formula is C60H37N3S. The van der Waals surface area contributed by atoms with Crippen molar-refractivity contribution in [3.05, 3.63) is 247 Å². The van der Waals surface area contributed by atoms with Crippen LogP contribution in [-0.4, -0.2) is 15.0 Å². The minimum absolute atomic E-state index is 0.451. The highest BCUT2D eigenvalue weighted by Gasteiger charge is 2.50. The van der Waals surface area contributed by atoms with Gasteiger partial charge >= 0.3 is 0 Å². The number of rotatable bonds is 5. The fraction of sp³-hybridized carbons (Fsp3) is 0.0167. The number of para-hydroxylation sites is 1. The third-order valence-electron chi connectivity index (χ3n) is 13.1. The minimum atomic E-state index is -0.451. The molecule has 2 aliphatic rings. The average Bonchev–Trinajstić information content (AvgIpc) is 3.66. The van der Waals surface area contributed by atoms with Crippen LogP contribution in [0, 0.1) is 0 Å². The lowest BCUT2D eigenvalue weighted by Crippen LogP contribution is -2.32. The first kappa shape index (κ1) is 36.7. The van der Waals surface area contributed by atoms with Gasteiger partial charge in [0.2, 0.25) is 0 Å². The van der Waals surface area contributed by atoms with E-state index in [0.29, 0.717) is 5.82 Å². The molecule has 0 amide bonds. The van der Waals surface area contributed by atoms with Crippen molar-refractivity contribution in [1.29, 1.82) is 0 Å². The summed E-state index contributed by atoms with van der Waals surface area (Å²) in [5.74, 6) is 0.709. The molecular weight excluding hydrogens is 795 g/mol. The molecule has 4 heteroatoms. The average molecular weight is 832 g/mol. The van der Waals surface area contributed by atoms with Gasteiger partial charge in [0.1, 0.15) is 0 Å². The molecule has 3 heterocycles. The van der Waals surface area contributed by atoms with E-state index in [9.17, 15) is 0 Å². The van der Waals surface area contributed by atoms with Crippen LogP contribution in [0.15, 0.2) is 234 Å². The van der Waals surface area contributed by atoms with Gasteiger partial charge in [0, 0.05) is 42.8 Å². The predicted octanol–water partition coefficient (Wildman–Crippen LogP) is 15.3. The first-order valence-electron chi connectivity index (χ1n) is 21.8. The molecule has 1 aliphatic carbocycles. The van der Waals surface area contributed by atoms with Gasteiger partial charge in [-0.15, -0.1) is 0 Å². The molecule has 0 N–H and O–H groups in total. The monoisotopic (exact) mass is 831 g/mol. The molecule has 1 aliphatic heterocycles. The maximum absolute atomic E-state index is 5.46. The summed E-state index contributed by atoms with van der Waals surface area (Å²) in [6, 6.07) is 80.9. The largest absolute Gasteiger partial charge is 0.247 e. The van der Waals surface area contributed by atoms with Crippen molar-refractivity contribution in [2.24, 2.45) is 0 Å². The Morgan fingerprint density at radius 1 is 0.312 bits per heavy atom. The summed E-state index contributed by atoms with van der Waals surface area (Å²) in [4.78, 5) is 18.1. The summed E-state index contributed by atoms with van der Waals surface area (Å²) in [7, 11) is 0. The first-order chi connectivity index (χ1) is 31.7. The maximum Gasteiger partial charge on any atom is 0.160 e. The van der Waals surface area contributed by atoms with Crippen LogP contribution < -0.4 is 0 Å². The van der Waals surface area contributed by atoms with Gasteiger partial charge < -0.3 is 0 Å². The molecule has 298 valence electrons. The van der Waals surface area contributed by atoms with Crippen molar-refractivity contribution in [3.8, 4) is 67.4 Å². The lowest BCUT2D eigenvalue weighted by molar-refractivity contribution is 0.724.